The van der Waals surface area contributed by atoms with Crippen LogP contribution in [0.25, 0.3) is 11.3 Å². The van der Waals surface area contributed by atoms with E-state index in [4.69, 9.17) is 0 Å². The second-order valence-electron chi connectivity index (χ2n) is 6.55. The maximum absolute atomic E-state index is 14.1. The van der Waals surface area contributed by atoms with Gasteiger partial charge in [0.15, 0.2) is 5.69 Å². The number of benzene rings is 2. The summed E-state index contributed by atoms with van der Waals surface area (Å²) < 4.78 is 51.9. The largest absolute Gasteiger partial charge is 0.434 e. The summed E-state index contributed by atoms with van der Waals surface area (Å²) in [7, 11) is 0. The van der Waals surface area contributed by atoms with Gasteiger partial charge in [-0.3, -0.25) is 9.88 Å². The van der Waals surface area contributed by atoms with Crippen molar-refractivity contribution < 1.29 is 17.6 Å². The summed E-state index contributed by atoms with van der Waals surface area (Å²) in [5, 5.41) is 0. The summed E-state index contributed by atoms with van der Waals surface area (Å²) in [6.07, 6.45) is -2.87. The number of fused-ring (bicyclic) bond motifs is 1. The highest BCUT2D eigenvalue weighted by Crippen LogP contribution is 2.29. The third kappa shape index (κ3) is 3.83. The zero-order valence-electron chi connectivity index (χ0n) is 14.2. The number of rotatable bonds is 3. The van der Waals surface area contributed by atoms with Crippen LogP contribution in [0.5, 0.6) is 0 Å². The standard InChI is InChI=1S/C20H15F4N3/c21-17-6-13(10-27-11-14-3-1-2-4-15(14)12-27)5-16(7-17)18-8-26-19(9-25-18)20(22,23)24/h1-9H,10-12H2. The average molecular weight is 373 g/mol. The van der Waals surface area contributed by atoms with Gasteiger partial charge in [0, 0.05) is 25.2 Å². The van der Waals surface area contributed by atoms with Crippen molar-refractivity contribution in [2.75, 3.05) is 0 Å². The van der Waals surface area contributed by atoms with E-state index in [0.29, 0.717) is 18.3 Å². The Balaban J connectivity index is 1.55. The highest BCUT2D eigenvalue weighted by atomic mass is 19.4. The third-order valence-corrected chi connectivity index (χ3v) is 4.51. The Bertz CT molecular complexity index is 943. The average Bonchev–Trinajstić information content (AvgIpc) is 3.03. The summed E-state index contributed by atoms with van der Waals surface area (Å²) in [5.41, 5.74) is 2.78. The first-order chi connectivity index (χ1) is 12.9. The van der Waals surface area contributed by atoms with E-state index in [-0.39, 0.29) is 5.69 Å². The van der Waals surface area contributed by atoms with Gasteiger partial charge in [0.05, 0.1) is 18.1 Å². The Morgan fingerprint density at radius 1 is 0.926 bits per heavy atom. The number of alkyl halides is 3. The molecule has 3 aromatic rings. The first-order valence-corrected chi connectivity index (χ1v) is 8.37. The lowest BCUT2D eigenvalue weighted by Crippen LogP contribution is -2.15. The fourth-order valence-corrected chi connectivity index (χ4v) is 3.29. The third-order valence-electron chi connectivity index (χ3n) is 4.51. The lowest BCUT2D eigenvalue weighted by atomic mass is 10.1. The van der Waals surface area contributed by atoms with Crippen LogP contribution in [0.4, 0.5) is 17.6 Å². The molecule has 3 nitrogen and oxygen atoms in total. The van der Waals surface area contributed by atoms with Crippen LogP contribution in [-0.2, 0) is 25.8 Å². The molecule has 138 valence electrons. The molecule has 0 atom stereocenters. The molecule has 0 radical (unpaired) electrons. The predicted octanol–water partition coefficient (Wildman–Crippen LogP) is 4.82. The van der Waals surface area contributed by atoms with E-state index in [1.165, 1.54) is 23.3 Å². The highest BCUT2D eigenvalue weighted by molar-refractivity contribution is 5.59. The highest BCUT2D eigenvalue weighted by Gasteiger charge is 2.32. The molecule has 0 spiro atoms. The van der Waals surface area contributed by atoms with Gasteiger partial charge in [-0.25, -0.2) is 9.37 Å². The van der Waals surface area contributed by atoms with Crippen molar-refractivity contribution in [2.45, 2.75) is 25.8 Å². The molecular weight excluding hydrogens is 358 g/mol. The van der Waals surface area contributed by atoms with Gasteiger partial charge in [-0.1, -0.05) is 24.3 Å². The molecule has 1 aliphatic heterocycles. The Hall–Kier alpha value is -2.80. The molecular formula is C20H15F4N3. The smallest absolute Gasteiger partial charge is 0.291 e. The normalized spacial score (nSPS) is 14.4. The molecule has 0 saturated heterocycles. The first kappa shape index (κ1) is 17.6. The van der Waals surface area contributed by atoms with E-state index in [2.05, 4.69) is 27.0 Å². The molecule has 0 bridgehead atoms. The lowest BCUT2D eigenvalue weighted by molar-refractivity contribution is -0.141. The maximum Gasteiger partial charge on any atom is 0.434 e. The molecule has 0 amide bonds. The van der Waals surface area contributed by atoms with E-state index in [1.54, 1.807) is 6.07 Å². The molecule has 0 unspecified atom stereocenters. The van der Waals surface area contributed by atoms with Crippen LogP contribution >= 0.6 is 0 Å². The van der Waals surface area contributed by atoms with Crippen molar-refractivity contribution in [3.05, 3.63) is 83.1 Å². The van der Waals surface area contributed by atoms with E-state index >= 15 is 0 Å². The van der Waals surface area contributed by atoms with Crippen molar-refractivity contribution in [3.8, 4) is 11.3 Å². The summed E-state index contributed by atoms with van der Waals surface area (Å²) in [4.78, 5) is 9.38. The van der Waals surface area contributed by atoms with Crippen molar-refractivity contribution in [1.29, 1.82) is 0 Å². The second kappa shape index (κ2) is 6.74. The topological polar surface area (TPSA) is 29.0 Å². The van der Waals surface area contributed by atoms with Crippen molar-refractivity contribution in [1.82, 2.24) is 14.9 Å². The van der Waals surface area contributed by atoms with Gasteiger partial charge in [-0.2, -0.15) is 13.2 Å². The first-order valence-electron chi connectivity index (χ1n) is 8.37. The summed E-state index contributed by atoms with van der Waals surface area (Å²) in [5.74, 6) is -0.457. The Morgan fingerprint density at radius 3 is 2.22 bits per heavy atom. The molecule has 0 N–H and O–H groups in total. The molecule has 4 rings (SSSR count). The fraction of sp³-hybridized carbons (Fsp3) is 0.200. The minimum absolute atomic E-state index is 0.202. The number of aromatic nitrogens is 2. The van der Waals surface area contributed by atoms with Gasteiger partial charge in [-0.05, 0) is 34.9 Å². The number of hydrogen-bond acceptors (Lipinski definition) is 3. The molecule has 2 aromatic carbocycles. The van der Waals surface area contributed by atoms with Gasteiger partial charge in [-0.15, -0.1) is 0 Å². The lowest BCUT2D eigenvalue weighted by Gasteiger charge is -2.15. The van der Waals surface area contributed by atoms with E-state index in [0.717, 1.165) is 24.8 Å². The van der Waals surface area contributed by atoms with Gasteiger partial charge >= 0.3 is 6.18 Å². The Labute approximate surface area is 153 Å². The molecule has 1 aromatic heterocycles. The van der Waals surface area contributed by atoms with Crippen LogP contribution in [0.1, 0.15) is 22.4 Å². The SMILES string of the molecule is Fc1cc(CN2Cc3ccccc3C2)cc(-c2cnc(C(F)(F)F)cn2)c1. The zero-order chi connectivity index (χ0) is 19.0. The molecule has 0 fully saturated rings. The number of halogens is 4. The van der Waals surface area contributed by atoms with Crippen molar-refractivity contribution in [3.63, 3.8) is 0 Å². The molecule has 7 heteroatoms. The van der Waals surface area contributed by atoms with Crippen LogP contribution in [0, 0.1) is 5.82 Å². The van der Waals surface area contributed by atoms with Crippen molar-refractivity contribution in [2.24, 2.45) is 0 Å². The minimum Gasteiger partial charge on any atom is -0.291 e. The van der Waals surface area contributed by atoms with Crippen LogP contribution in [0.15, 0.2) is 54.9 Å². The molecule has 27 heavy (non-hydrogen) atoms. The zero-order valence-corrected chi connectivity index (χ0v) is 14.2. The fourth-order valence-electron chi connectivity index (χ4n) is 3.29. The Kier molecular flexibility index (Phi) is 4.39. The van der Waals surface area contributed by atoms with Gasteiger partial charge in [0.25, 0.3) is 0 Å². The van der Waals surface area contributed by atoms with Crippen LogP contribution in [-0.4, -0.2) is 14.9 Å². The van der Waals surface area contributed by atoms with Crippen LogP contribution in [0.2, 0.25) is 0 Å². The van der Waals surface area contributed by atoms with E-state index in [9.17, 15) is 17.6 Å². The monoisotopic (exact) mass is 373 g/mol. The van der Waals surface area contributed by atoms with Crippen LogP contribution in [0.3, 0.4) is 0 Å². The van der Waals surface area contributed by atoms with Gasteiger partial charge in [0.1, 0.15) is 5.82 Å². The van der Waals surface area contributed by atoms with Crippen molar-refractivity contribution >= 4 is 0 Å². The van der Waals surface area contributed by atoms with E-state index in [1.807, 2.05) is 12.1 Å². The number of hydrogen-bond donors (Lipinski definition) is 0. The van der Waals surface area contributed by atoms with Crippen LogP contribution < -0.4 is 0 Å². The number of nitrogens with zero attached hydrogens (tertiary/aromatic N) is 3. The second-order valence-corrected chi connectivity index (χ2v) is 6.55. The molecule has 0 aliphatic carbocycles. The quantitative estimate of drug-likeness (QED) is 0.617. The summed E-state index contributed by atoms with van der Waals surface area (Å²) >= 11 is 0. The molecule has 0 saturated carbocycles. The van der Waals surface area contributed by atoms with Gasteiger partial charge in [0.2, 0.25) is 0 Å². The Morgan fingerprint density at radius 2 is 1.63 bits per heavy atom. The molecule has 1 aliphatic rings. The predicted molar refractivity (Wildman–Crippen MR) is 91.8 cm³/mol. The molecule has 2 heterocycles. The summed E-state index contributed by atoms with van der Waals surface area (Å²) in [6, 6.07) is 12.6. The minimum atomic E-state index is -4.55. The maximum atomic E-state index is 14.1. The van der Waals surface area contributed by atoms with Gasteiger partial charge < -0.3 is 0 Å². The summed E-state index contributed by atoms with van der Waals surface area (Å²) in [6.45, 7) is 2.09. The van der Waals surface area contributed by atoms with E-state index < -0.39 is 17.7 Å².